The number of aryl methyl sites for hydroxylation is 2. The van der Waals surface area contributed by atoms with Gasteiger partial charge in [-0.3, -0.25) is 13.9 Å². The summed E-state index contributed by atoms with van der Waals surface area (Å²) in [5, 5.41) is 0. The summed E-state index contributed by atoms with van der Waals surface area (Å²) in [6.45, 7) is 4.23. The molecule has 0 unspecified atom stereocenters. The fourth-order valence-electron chi connectivity index (χ4n) is 1.88. The second kappa shape index (κ2) is 5.36. The smallest absolute Gasteiger partial charge is 0.330 e. The molecule has 2 aromatic rings. The predicted octanol–water partition coefficient (Wildman–Crippen LogP) is 1.28. The molecule has 0 N–H and O–H groups in total. The van der Waals surface area contributed by atoms with Crippen molar-refractivity contribution in [3.63, 3.8) is 0 Å². The Kier molecular flexibility index (Phi) is 3.79. The second-order valence-corrected chi connectivity index (χ2v) is 4.91. The molecule has 0 saturated carbocycles. The minimum absolute atomic E-state index is 0.185. The Morgan fingerprint density at radius 1 is 1.00 bits per heavy atom. The van der Waals surface area contributed by atoms with Crippen LogP contribution in [0.15, 0.2) is 33.9 Å². The molecule has 1 heterocycles. The van der Waals surface area contributed by atoms with Gasteiger partial charge in [0.2, 0.25) is 0 Å². The molecule has 0 aliphatic heterocycles. The minimum Gasteiger partial charge on any atom is -0.487 e. The largest absolute Gasteiger partial charge is 0.487 e. The van der Waals surface area contributed by atoms with Crippen LogP contribution in [0.5, 0.6) is 5.75 Å². The van der Waals surface area contributed by atoms with E-state index in [9.17, 15) is 9.59 Å². The van der Waals surface area contributed by atoms with Gasteiger partial charge in [-0.15, -0.1) is 0 Å². The fourth-order valence-corrected chi connectivity index (χ4v) is 1.88. The summed E-state index contributed by atoms with van der Waals surface area (Å²) in [4.78, 5) is 23.4. The zero-order valence-electron chi connectivity index (χ0n) is 12.1. The van der Waals surface area contributed by atoms with Gasteiger partial charge in [0.15, 0.2) is 0 Å². The highest BCUT2D eigenvalue weighted by molar-refractivity contribution is 5.33. The van der Waals surface area contributed by atoms with Crippen molar-refractivity contribution >= 4 is 0 Å². The van der Waals surface area contributed by atoms with E-state index >= 15 is 0 Å². The molecule has 0 atom stereocenters. The first-order valence-corrected chi connectivity index (χ1v) is 6.36. The number of aromatic nitrogens is 2. The number of nitrogens with zero attached hydrogens (tertiary/aromatic N) is 2. The van der Waals surface area contributed by atoms with Crippen molar-refractivity contribution < 1.29 is 4.74 Å². The molecule has 2 rings (SSSR count). The summed E-state index contributed by atoms with van der Waals surface area (Å²) in [6.07, 6.45) is 0. The Hall–Kier alpha value is -2.30. The van der Waals surface area contributed by atoms with Gasteiger partial charge in [-0.1, -0.05) is 6.07 Å². The molecular weight excluding hydrogens is 256 g/mol. The van der Waals surface area contributed by atoms with Crippen LogP contribution >= 0.6 is 0 Å². The maximum atomic E-state index is 11.8. The van der Waals surface area contributed by atoms with E-state index in [-0.39, 0.29) is 17.9 Å². The summed E-state index contributed by atoms with van der Waals surface area (Å²) < 4.78 is 8.14. The molecule has 0 spiro atoms. The number of ether oxygens (including phenoxy) is 1. The fraction of sp³-hybridized carbons (Fsp3) is 0.333. The van der Waals surface area contributed by atoms with Crippen molar-refractivity contribution in [2.45, 2.75) is 20.5 Å². The maximum Gasteiger partial charge on any atom is 0.330 e. The van der Waals surface area contributed by atoms with E-state index in [0.717, 1.165) is 15.9 Å². The van der Waals surface area contributed by atoms with Gasteiger partial charge in [0, 0.05) is 20.2 Å². The number of hydrogen-bond donors (Lipinski definition) is 0. The van der Waals surface area contributed by atoms with Crippen LogP contribution in [0.25, 0.3) is 0 Å². The molecule has 0 radical (unpaired) electrons. The van der Waals surface area contributed by atoms with Crippen molar-refractivity contribution in [1.29, 1.82) is 0 Å². The van der Waals surface area contributed by atoms with E-state index < -0.39 is 0 Å². The van der Waals surface area contributed by atoms with Crippen molar-refractivity contribution in [2.24, 2.45) is 14.1 Å². The van der Waals surface area contributed by atoms with E-state index in [1.807, 2.05) is 32.0 Å². The Labute approximate surface area is 117 Å². The van der Waals surface area contributed by atoms with Gasteiger partial charge in [-0.2, -0.15) is 0 Å². The van der Waals surface area contributed by atoms with Crippen LogP contribution < -0.4 is 16.0 Å². The first-order valence-electron chi connectivity index (χ1n) is 6.36. The monoisotopic (exact) mass is 274 g/mol. The Morgan fingerprint density at radius 3 is 2.35 bits per heavy atom. The van der Waals surface area contributed by atoms with E-state index in [4.69, 9.17) is 4.74 Å². The average Bonchev–Trinajstić information content (AvgIpc) is 2.42. The van der Waals surface area contributed by atoms with Gasteiger partial charge in [-0.05, 0) is 37.1 Å². The molecule has 0 amide bonds. The van der Waals surface area contributed by atoms with E-state index in [1.165, 1.54) is 23.2 Å². The molecule has 0 aliphatic carbocycles. The summed E-state index contributed by atoms with van der Waals surface area (Å²) in [7, 11) is 3.08. The third kappa shape index (κ3) is 2.66. The normalized spacial score (nSPS) is 10.6. The SMILES string of the molecule is Cc1ccc(OCc2cc(=O)n(C)c(=O)n2C)cc1C. The molecule has 5 nitrogen and oxygen atoms in total. The summed E-state index contributed by atoms with van der Waals surface area (Å²) >= 11 is 0. The Balaban J connectivity index is 2.25. The van der Waals surface area contributed by atoms with Crippen LogP contribution in [0.2, 0.25) is 0 Å². The molecule has 0 bridgehead atoms. The quantitative estimate of drug-likeness (QED) is 0.847. The topological polar surface area (TPSA) is 53.2 Å². The van der Waals surface area contributed by atoms with Gasteiger partial charge in [0.25, 0.3) is 5.56 Å². The van der Waals surface area contributed by atoms with Gasteiger partial charge >= 0.3 is 5.69 Å². The zero-order chi connectivity index (χ0) is 14.9. The van der Waals surface area contributed by atoms with Gasteiger partial charge in [0.05, 0.1) is 5.69 Å². The number of hydrogen-bond acceptors (Lipinski definition) is 3. The van der Waals surface area contributed by atoms with Gasteiger partial charge < -0.3 is 4.74 Å². The van der Waals surface area contributed by atoms with E-state index in [1.54, 1.807) is 7.05 Å². The van der Waals surface area contributed by atoms with Crippen LogP contribution in [0.4, 0.5) is 0 Å². The molecule has 5 heteroatoms. The lowest BCUT2D eigenvalue weighted by Gasteiger charge is -2.11. The second-order valence-electron chi connectivity index (χ2n) is 4.91. The van der Waals surface area contributed by atoms with Gasteiger partial charge in [0.1, 0.15) is 12.4 Å². The summed E-state index contributed by atoms with van der Waals surface area (Å²) in [5.41, 5.74) is 2.21. The van der Waals surface area contributed by atoms with Crippen LogP contribution in [0.3, 0.4) is 0 Å². The van der Waals surface area contributed by atoms with Crippen molar-refractivity contribution in [2.75, 3.05) is 0 Å². The molecule has 1 aromatic heterocycles. The predicted molar refractivity (Wildman–Crippen MR) is 77.2 cm³/mol. The van der Waals surface area contributed by atoms with E-state index in [2.05, 4.69) is 0 Å². The lowest BCUT2D eigenvalue weighted by atomic mass is 10.1. The van der Waals surface area contributed by atoms with Crippen LogP contribution in [-0.4, -0.2) is 9.13 Å². The highest BCUT2D eigenvalue weighted by Gasteiger charge is 2.06. The maximum absolute atomic E-state index is 11.8. The third-order valence-electron chi connectivity index (χ3n) is 3.49. The zero-order valence-corrected chi connectivity index (χ0v) is 12.1. The molecule has 106 valence electrons. The minimum atomic E-state index is -0.351. The Bertz CT molecular complexity index is 757. The van der Waals surface area contributed by atoms with Crippen molar-refractivity contribution in [3.8, 4) is 5.75 Å². The number of benzene rings is 1. The van der Waals surface area contributed by atoms with Crippen molar-refractivity contribution in [3.05, 3.63) is 61.9 Å². The van der Waals surface area contributed by atoms with E-state index in [0.29, 0.717) is 5.69 Å². The molecular formula is C15H18N2O3. The molecule has 1 aromatic carbocycles. The lowest BCUT2D eigenvalue weighted by molar-refractivity contribution is 0.293. The summed E-state index contributed by atoms with van der Waals surface area (Å²) in [5.74, 6) is 0.723. The molecule has 0 saturated heterocycles. The third-order valence-corrected chi connectivity index (χ3v) is 3.49. The van der Waals surface area contributed by atoms with Gasteiger partial charge in [-0.25, -0.2) is 4.79 Å². The first kappa shape index (κ1) is 14.1. The van der Waals surface area contributed by atoms with Crippen LogP contribution in [0, 0.1) is 13.8 Å². The number of rotatable bonds is 3. The first-order chi connectivity index (χ1) is 9.40. The summed E-state index contributed by atoms with van der Waals surface area (Å²) in [6, 6.07) is 7.21. The molecule has 0 aliphatic rings. The van der Waals surface area contributed by atoms with Crippen molar-refractivity contribution in [1.82, 2.24) is 9.13 Å². The Morgan fingerprint density at radius 2 is 1.70 bits per heavy atom. The molecule has 0 fully saturated rings. The average molecular weight is 274 g/mol. The highest BCUT2D eigenvalue weighted by atomic mass is 16.5. The molecule has 20 heavy (non-hydrogen) atoms. The standard InChI is InChI=1S/C15H18N2O3/c1-10-5-6-13(7-11(10)2)20-9-12-8-14(18)17(4)15(19)16(12)3/h5-8H,9H2,1-4H3. The van der Waals surface area contributed by atoms with Crippen LogP contribution in [-0.2, 0) is 20.7 Å². The van der Waals surface area contributed by atoms with Crippen LogP contribution in [0.1, 0.15) is 16.8 Å². The highest BCUT2D eigenvalue weighted by Crippen LogP contribution is 2.17. The lowest BCUT2D eigenvalue weighted by Crippen LogP contribution is -2.38.